The Morgan fingerprint density at radius 1 is 1.80 bits per heavy atom. The second kappa shape index (κ2) is 5.37. The standard InChI is InChI=1S/C8H12ClN3O2S/c1-6(3-9)5-15-8-7(12(13)14)4-11(2)10-8/h4,6H,3,5H2,1-2H3. The van der Waals surface area contributed by atoms with Crippen LogP contribution in [0.4, 0.5) is 5.69 Å². The molecule has 0 aliphatic carbocycles. The van der Waals surface area contributed by atoms with Crippen LogP contribution in [0.25, 0.3) is 0 Å². The van der Waals surface area contributed by atoms with Gasteiger partial charge in [-0.25, -0.2) is 0 Å². The van der Waals surface area contributed by atoms with Crippen LogP contribution in [-0.2, 0) is 7.05 Å². The summed E-state index contributed by atoms with van der Waals surface area (Å²) < 4.78 is 1.45. The van der Waals surface area contributed by atoms with Crippen LogP contribution in [0.2, 0.25) is 0 Å². The smallest absolute Gasteiger partial charge is 0.267 e. The van der Waals surface area contributed by atoms with Crippen molar-refractivity contribution in [3.63, 3.8) is 0 Å². The number of nitrogens with zero attached hydrogens (tertiary/aromatic N) is 3. The summed E-state index contributed by atoms with van der Waals surface area (Å²) >= 11 is 7.02. The van der Waals surface area contributed by atoms with E-state index >= 15 is 0 Å². The number of aromatic nitrogens is 2. The quantitative estimate of drug-likeness (QED) is 0.348. The highest BCUT2D eigenvalue weighted by Gasteiger charge is 2.19. The Morgan fingerprint density at radius 2 is 2.47 bits per heavy atom. The highest BCUT2D eigenvalue weighted by molar-refractivity contribution is 7.99. The molecule has 1 heterocycles. The van der Waals surface area contributed by atoms with Gasteiger partial charge in [0.15, 0.2) is 5.03 Å². The van der Waals surface area contributed by atoms with E-state index in [-0.39, 0.29) is 5.69 Å². The number of hydrogen-bond donors (Lipinski definition) is 0. The van der Waals surface area contributed by atoms with E-state index < -0.39 is 4.92 Å². The van der Waals surface area contributed by atoms with Gasteiger partial charge in [0.05, 0.1) is 4.92 Å². The molecule has 0 bridgehead atoms. The van der Waals surface area contributed by atoms with Gasteiger partial charge in [0.1, 0.15) is 6.20 Å². The van der Waals surface area contributed by atoms with Gasteiger partial charge in [-0.2, -0.15) is 5.10 Å². The fourth-order valence-electron chi connectivity index (χ4n) is 0.949. The van der Waals surface area contributed by atoms with E-state index in [0.29, 0.717) is 16.8 Å². The van der Waals surface area contributed by atoms with Gasteiger partial charge in [-0.3, -0.25) is 14.8 Å². The Kier molecular flexibility index (Phi) is 4.41. The van der Waals surface area contributed by atoms with E-state index in [4.69, 9.17) is 11.6 Å². The summed E-state index contributed by atoms with van der Waals surface area (Å²) in [5, 5.41) is 15.2. The molecular weight excluding hydrogens is 238 g/mol. The average molecular weight is 250 g/mol. The molecular formula is C8H12ClN3O2S. The van der Waals surface area contributed by atoms with Crippen LogP contribution in [-0.4, -0.2) is 26.3 Å². The van der Waals surface area contributed by atoms with Crippen molar-refractivity contribution in [2.45, 2.75) is 11.9 Å². The molecule has 84 valence electrons. The summed E-state index contributed by atoms with van der Waals surface area (Å²) in [4.78, 5) is 10.2. The lowest BCUT2D eigenvalue weighted by molar-refractivity contribution is -0.387. The van der Waals surface area contributed by atoms with Crippen LogP contribution in [0, 0.1) is 16.0 Å². The highest BCUT2D eigenvalue weighted by atomic mass is 35.5. The van der Waals surface area contributed by atoms with Crippen molar-refractivity contribution in [3.05, 3.63) is 16.3 Å². The number of thioether (sulfide) groups is 1. The molecule has 0 aromatic carbocycles. The minimum absolute atomic E-state index is 0.0595. The largest absolute Gasteiger partial charge is 0.320 e. The lowest BCUT2D eigenvalue weighted by Gasteiger charge is -2.03. The Bertz CT molecular complexity index is 356. The van der Waals surface area contributed by atoms with Gasteiger partial charge in [-0.1, -0.05) is 18.7 Å². The van der Waals surface area contributed by atoms with Crippen LogP contribution in [0.15, 0.2) is 11.2 Å². The van der Waals surface area contributed by atoms with E-state index in [9.17, 15) is 10.1 Å². The maximum Gasteiger partial charge on any atom is 0.320 e. The van der Waals surface area contributed by atoms with Gasteiger partial charge in [-0.15, -0.1) is 11.6 Å². The Morgan fingerprint density at radius 3 is 3.00 bits per heavy atom. The number of alkyl halides is 1. The van der Waals surface area contributed by atoms with E-state index in [2.05, 4.69) is 5.10 Å². The molecule has 0 saturated carbocycles. The third kappa shape index (κ3) is 3.39. The van der Waals surface area contributed by atoms with Crippen LogP contribution in [0.1, 0.15) is 6.92 Å². The van der Waals surface area contributed by atoms with E-state index in [0.717, 1.165) is 5.75 Å². The predicted molar refractivity (Wildman–Crippen MR) is 60.5 cm³/mol. The van der Waals surface area contributed by atoms with Gasteiger partial charge < -0.3 is 0 Å². The molecule has 15 heavy (non-hydrogen) atoms. The Labute approximate surface area is 96.9 Å². The lowest BCUT2D eigenvalue weighted by atomic mass is 10.3. The van der Waals surface area contributed by atoms with E-state index in [1.807, 2.05) is 6.92 Å². The number of hydrogen-bond acceptors (Lipinski definition) is 4. The van der Waals surface area contributed by atoms with Crippen molar-refractivity contribution in [2.24, 2.45) is 13.0 Å². The zero-order chi connectivity index (χ0) is 11.4. The Balaban J connectivity index is 2.71. The molecule has 0 N–H and O–H groups in total. The minimum Gasteiger partial charge on any atom is -0.267 e. The first-order valence-electron chi connectivity index (χ1n) is 4.41. The molecule has 1 aromatic heterocycles. The second-order valence-electron chi connectivity index (χ2n) is 3.32. The Hall–Kier alpha value is -0.750. The first kappa shape index (κ1) is 12.3. The van der Waals surface area contributed by atoms with Crippen molar-refractivity contribution in [1.29, 1.82) is 0 Å². The summed E-state index contributed by atoms with van der Waals surface area (Å²) in [5.41, 5.74) is 0.0595. The van der Waals surface area contributed by atoms with Crippen LogP contribution in [0.5, 0.6) is 0 Å². The third-order valence-corrected chi connectivity index (χ3v) is 3.57. The topological polar surface area (TPSA) is 61.0 Å². The molecule has 0 amide bonds. The zero-order valence-corrected chi connectivity index (χ0v) is 10.1. The number of nitro groups is 1. The van der Waals surface area contributed by atoms with E-state index in [1.165, 1.54) is 22.6 Å². The summed E-state index contributed by atoms with van der Waals surface area (Å²) in [6.45, 7) is 1.99. The normalized spacial score (nSPS) is 12.7. The molecule has 7 heteroatoms. The van der Waals surface area contributed by atoms with Crippen molar-refractivity contribution in [3.8, 4) is 0 Å². The zero-order valence-electron chi connectivity index (χ0n) is 8.51. The summed E-state index contributed by atoms with van der Waals surface area (Å²) in [5.74, 6) is 1.60. The molecule has 1 atom stereocenters. The SMILES string of the molecule is CC(CCl)CSc1nn(C)cc1[N+](=O)[O-]. The van der Waals surface area contributed by atoms with Gasteiger partial charge in [-0.05, 0) is 5.92 Å². The van der Waals surface area contributed by atoms with Crippen LogP contribution >= 0.6 is 23.4 Å². The van der Waals surface area contributed by atoms with E-state index in [1.54, 1.807) is 7.05 Å². The predicted octanol–water partition coefficient (Wildman–Crippen LogP) is 2.30. The molecule has 0 saturated heterocycles. The molecule has 5 nitrogen and oxygen atoms in total. The van der Waals surface area contributed by atoms with Crippen molar-refractivity contribution >= 4 is 29.1 Å². The molecule has 0 fully saturated rings. The molecule has 1 rings (SSSR count). The van der Waals surface area contributed by atoms with Gasteiger partial charge >= 0.3 is 5.69 Å². The maximum absolute atomic E-state index is 10.7. The number of rotatable bonds is 5. The lowest BCUT2D eigenvalue weighted by Crippen LogP contribution is -2.00. The van der Waals surface area contributed by atoms with Gasteiger partial charge in [0.25, 0.3) is 0 Å². The second-order valence-corrected chi connectivity index (χ2v) is 4.64. The maximum atomic E-state index is 10.7. The summed E-state index contributed by atoms with van der Waals surface area (Å²) in [6, 6.07) is 0. The third-order valence-electron chi connectivity index (χ3n) is 1.74. The summed E-state index contributed by atoms with van der Waals surface area (Å²) in [7, 11) is 1.67. The molecule has 0 spiro atoms. The molecule has 0 radical (unpaired) electrons. The van der Waals surface area contributed by atoms with Crippen LogP contribution < -0.4 is 0 Å². The molecule has 0 aliphatic rings. The van der Waals surface area contributed by atoms with Crippen molar-refractivity contribution < 1.29 is 4.92 Å². The average Bonchev–Trinajstić information content (AvgIpc) is 2.56. The fraction of sp³-hybridized carbons (Fsp3) is 0.625. The summed E-state index contributed by atoms with van der Waals surface area (Å²) in [6.07, 6.45) is 1.41. The number of aryl methyl sites for hydroxylation is 1. The van der Waals surface area contributed by atoms with Crippen molar-refractivity contribution in [2.75, 3.05) is 11.6 Å². The van der Waals surface area contributed by atoms with Gasteiger partial charge in [0, 0.05) is 18.7 Å². The first-order chi connectivity index (χ1) is 7.04. The highest BCUT2D eigenvalue weighted by Crippen LogP contribution is 2.28. The molecule has 1 aromatic rings. The fourth-order valence-corrected chi connectivity index (χ4v) is 2.21. The monoisotopic (exact) mass is 249 g/mol. The molecule has 0 aliphatic heterocycles. The van der Waals surface area contributed by atoms with Gasteiger partial charge in [0.2, 0.25) is 0 Å². The van der Waals surface area contributed by atoms with Crippen LogP contribution in [0.3, 0.4) is 0 Å². The first-order valence-corrected chi connectivity index (χ1v) is 5.93. The minimum atomic E-state index is -0.416. The molecule has 1 unspecified atom stereocenters. The number of halogens is 1. The van der Waals surface area contributed by atoms with Crippen molar-refractivity contribution in [1.82, 2.24) is 9.78 Å².